The molecular formula is C15H15NO4. The monoisotopic (exact) mass is 273 g/mol. The maximum Gasteiger partial charge on any atom is 0.165 e. The summed E-state index contributed by atoms with van der Waals surface area (Å²) in [6.07, 6.45) is 0. The van der Waals surface area contributed by atoms with Crippen LogP contribution in [0.5, 0.6) is 28.7 Å². The van der Waals surface area contributed by atoms with Crippen molar-refractivity contribution in [2.75, 3.05) is 26.1 Å². The van der Waals surface area contributed by atoms with Gasteiger partial charge in [0.2, 0.25) is 0 Å². The van der Waals surface area contributed by atoms with E-state index in [1.165, 1.54) is 0 Å². The quantitative estimate of drug-likeness (QED) is 0.871. The van der Waals surface area contributed by atoms with Gasteiger partial charge in [-0.25, -0.2) is 0 Å². The second-order valence-electron chi connectivity index (χ2n) is 4.31. The van der Waals surface area contributed by atoms with E-state index in [0.29, 0.717) is 41.9 Å². The van der Waals surface area contributed by atoms with E-state index in [1.54, 1.807) is 19.2 Å². The first-order valence-electron chi connectivity index (χ1n) is 6.27. The molecule has 0 radical (unpaired) electrons. The Morgan fingerprint density at radius 2 is 1.55 bits per heavy atom. The fourth-order valence-electron chi connectivity index (χ4n) is 1.94. The fourth-order valence-corrected chi connectivity index (χ4v) is 1.94. The first-order valence-corrected chi connectivity index (χ1v) is 6.27. The van der Waals surface area contributed by atoms with Crippen molar-refractivity contribution in [3.63, 3.8) is 0 Å². The van der Waals surface area contributed by atoms with Gasteiger partial charge in [0.25, 0.3) is 0 Å². The van der Waals surface area contributed by atoms with Gasteiger partial charge in [0.15, 0.2) is 17.2 Å². The van der Waals surface area contributed by atoms with Gasteiger partial charge in [-0.05, 0) is 24.3 Å². The second kappa shape index (κ2) is 5.21. The molecule has 20 heavy (non-hydrogen) atoms. The van der Waals surface area contributed by atoms with Gasteiger partial charge in [-0.1, -0.05) is 0 Å². The average molecular weight is 273 g/mol. The van der Waals surface area contributed by atoms with Gasteiger partial charge in [0.1, 0.15) is 24.7 Å². The van der Waals surface area contributed by atoms with Gasteiger partial charge >= 0.3 is 0 Å². The third kappa shape index (κ3) is 2.42. The van der Waals surface area contributed by atoms with Crippen molar-refractivity contribution < 1.29 is 18.9 Å². The van der Waals surface area contributed by atoms with Gasteiger partial charge in [0.05, 0.1) is 12.8 Å². The van der Waals surface area contributed by atoms with Gasteiger partial charge < -0.3 is 24.7 Å². The molecule has 0 aromatic heterocycles. The van der Waals surface area contributed by atoms with Crippen molar-refractivity contribution in [2.24, 2.45) is 0 Å². The summed E-state index contributed by atoms with van der Waals surface area (Å²) in [5.74, 6) is 3.28. The molecule has 1 aliphatic heterocycles. The lowest BCUT2D eigenvalue weighted by molar-refractivity contribution is 0.171. The number of nitrogen functional groups attached to an aromatic ring is 1. The molecule has 1 heterocycles. The first kappa shape index (κ1) is 12.5. The fraction of sp³-hybridized carbons (Fsp3) is 0.200. The highest BCUT2D eigenvalue weighted by Gasteiger charge is 2.15. The third-order valence-electron chi connectivity index (χ3n) is 2.96. The number of anilines is 1. The molecule has 0 spiro atoms. The summed E-state index contributed by atoms with van der Waals surface area (Å²) < 4.78 is 21.8. The van der Waals surface area contributed by atoms with Crippen molar-refractivity contribution in [3.05, 3.63) is 36.4 Å². The van der Waals surface area contributed by atoms with E-state index in [0.717, 1.165) is 5.75 Å². The second-order valence-corrected chi connectivity index (χ2v) is 4.31. The third-order valence-corrected chi connectivity index (χ3v) is 2.96. The molecule has 0 aliphatic carbocycles. The van der Waals surface area contributed by atoms with E-state index in [4.69, 9.17) is 24.7 Å². The average Bonchev–Trinajstić information content (AvgIpc) is 2.49. The minimum atomic E-state index is 0.505. The van der Waals surface area contributed by atoms with Crippen LogP contribution < -0.4 is 24.7 Å². The highest BCUT2D eigenvalue weighted by Crippen LogP contribution is 2.40. The van der Waals surface area contributed by atoms with Crippen LogP contribution in [0.3, 0.4) is 0 Å². The number of hydrogen-bond acceptors (Lipinski definition) is 5. The number of hydrogen-bond donors (Lipinski definition) is 1. The molecular weight excluding hydrogens is 258 g/mol. The lowest BCUT2D eigenvalue weighted by Gasteiger charge is -2.20. The molecule has 0 bridgehead atoms. The molecule has 0 unspecified atom stereocenters. The predicted octanol–water partition coefficient (Wildman–Crippen LogP) is 2.84. The van der Waals surface area contributed by atoms with E-state index in [2.05, 4.69) is 0 Å². The Balaban J connectivity index is 1.86. The molecule has 2 aromatic carbocycles. The molecule has 0 fully saturated rings. The summed E-state index contributed by atoms with van der Waals surface area (Å²) in [6, 6.07) is 10.7. The molecule has 0 saturated heterocycles. The molecule has 104 valence electrons. The Bertz CT molecular complexity index is 610. The normalized spacial score (nSPS) is 12.8. The maximum absolute atomic E-state index is 5.96. The summed E-state index contributed by atoms with van der Waals surface area (Å²) >= 11 is 0. The first-order chi connectivity index (χ1) is 9.76. The number of ether oxygens (including phenoxy) is 4. The molecule has 3 rings (SSSR count). The molecule has 0 atom stereocenters. The standard InChI is InChI=1S/C15H15NO4/c1-17-10-2-4-11(5-3-10)20-13-9-15-14(8-12(13)16)18-6-7-19-15/h2-5,8-9H,6-7,16H2,1H3. The number of benzene rings is 2. The topological polar surface area (TPSA) is 62.9 Å². The van der Waals surface area contributed by atoms with E-state index in [-0.39, 0.29) is 0 Å². The van der Waals surface area contributed by atoms with Crippen LogP contribution in [0, 0.1) is 0 Å². The Labute approximate surface area is 116 Å². The molecule has 2 N–H and O–H groups in total. The Hall–Kier alpha value is -2.56. The van der Waals surface area contributed by atoms with Gasteiger partial charge in [0, 0.05) is 12.1 Å². The number of fused-ring (bicyclic) bond motifs is 1. The Kier molecular flexibility index (Phi) is 3.25. The van der Waals surface area contributed by atoms with E-state index in [9.17, 15) is 0 Å². The molecule has 5 heteroatoms. The minimum Gasteiger partial charge on any atom is -0.497 e. The molecule has 1 aliphatic rings. The molecule has 2 aromatic rings. The Morgan fingerprint density at radius 3 is 2.20 bits per heavy atom. The lowest BCUT2D eigenvalue weighted by Crippen LogP contribution is -2.15. The van der Waals surface area contributed by atoms with Crippen LogP contribution in [0.4, 0.5) is 5.69 Å². The van der Waals surface area contributed by atoms with Crippen LogP contribution in [-0.4, -0.2) is 20.3 Å². The van der Waals surface area contributed by atoms with Crippen LogP contribution in [0.1, 0.15) is 0 Å². The van der Waals surface area contributed by atoms with E-state index >= 15 is 0 Å². The predicted molar refractivity (Wildman–Crippen MR) is 74.9 cm³/mol. The van der Waals surface area contributed by atoms with E-state index in [1.807, 2.05) is 24.3 Å². The smallest absolute Gasteiger partial charge is 0.165 e. The van der Waals surface area contributed by atoms with Crippen LogP contribution in [0.2, 0.25) is 0 Å². The number of nitrogens with two attached hydrogens (primary N) is 1. The minimum absolute atomic E-state index is 0.505. The molecule has 0 amide bonds. The summed E-state index contributed by atoms with van der Waals surface area (Å²) in [5.41, 5.74) is 6.47. The maximum atomic E-state index is 5.96. The van der Waals surface area contributed by atoms with Gasteiger partial charge in [-0.15, -0.1) is 0 Å². The zero-order chi connectivity index (χ0) is 13.9. The van der Waals surface area contributed by atoms with Gasteiger partial charge in [-0.3, -0.25) is 0 Å². The summed E-state index contributed by atoms with van der Waals surface area (Å²) in [5, 5.41) is 0. The zero-order valence-electron chi connectivity index (χ0n) is 11.1. The van der Waals surface area contributed by atoms with Crippen molar-refractivity contribution in [1.82, 2.24) is 0 Å². The summed E-state index contributed by atoms with van der Waals surface area (Å²) in [6.45, 7) is 1.06. The summed E-state index contributed by atoms with van der Waals surface area (Å²) in [4.78, 5) is 0. The Morgan fingerprint density at radius 1 is 0.950 bits per heavy atom. The SMILES string of the molecule is COc1ccc(Oc2cc3c(cc2N)OCCO3)cc1. The van der Waals surface area contributed by atoms with Crippen molar-refractivity contribution in [3.8, 4) is 28.7 Å². The highest BCUT2D eigenvalue weighted by molar-refractivity contribution is 5.63. The molecule has 5 nitrogen and oxygen atoms in total. The van der Waals surface area contributed by atoms with Crippen molar-refractivity contribution in [1.29, 1.82) is 0 Å². The lowest BCUT2D eigenvalue weighted by atomic mass is 10.2. The summed E-state index contributed by atoms with van der Waals surface area (Å²) in [7, 11) is 1.62. The number of rotatable bonds is 3. The van der Waals surface area contributed by atoms with E-state index < -0.39 is 0 Å². The zero-order valence-corrected chi connectivity index (χ0v) is 11.1. The highest BCUT2D eigenvalue weighted by atomic mass is 16.6. The van der Waals surface area contributed by atoms with Crippen molar-refractivity contribution in [2.45, 2.75) is 0 Å². The molecule has 0 saturated carbocycles. The van der Waals surface area contributed by atoms with Crippen LogP contribution >= 0.6 is 0 Å². The largest absolute Gasteiger partial charge is 0.497 e. The number of methoxy groups -OCH3 is 1. The van der Waals surface area contributed by atoms with Crippen LogP contribution in [-0.2, 0) is 0 Å². The van der Waals surface area contributed by atoms with Crippen LogP contribution in [0.15, 0.2) is 36.4 Å². The van der Waals surface area contributed by atoms with Gasteiger partial charge in [-0.2, -0.15) is 0 Å². The van der Waals surface area contributed by atoms with Crippen molar-refractivity contribution >= 4 is 5.69 Å². The van der Waals surface area contributed by atoms with Crippen LogP contribution in [0.25, 0.3) is 0 Å².